The van der Waals surface area contributed by atoms with Gasteiger partial charge in [-0.15, -0.1) is 0 Å². The number of anilines is 1. The quantitative estimate of drug-likeness (QED) is 0.452. The molecular formula is C15H12N4. The fourth-order valence-corrected chi connectivity index (χ4v) is 2.50. The van der Waals surface area contributed by atoms with Gasteiger partial charge in [-0.1, -0.05) is 18.2 Å². The molecule has 0 spiro atoms. The minimum atomic E-state index is 0.745. The highest BCUT2D eigenvalue weighted by Gasteiger charge is 2.12. The van der Waals surface area contributed by atoms with Crippen LogP contribution in [0.1, 0.15) is 0 Å². The molecule has 4 rings (SSSR count). The van der Waals surface area contributed by atoms with Crippen LogP contribution in [0.3, 0.4) is 0 Å². The highest BCUT2D eigenvalue weighted by molar-refractivity contribution is 6.03. The molecule has 92 valence electrons. The van der Waals surface area contributed by atoms with E-state index in [0.29, 0.717) is 0 Å². The second-order valence-corrected chi connectivity index (χ2v) is 4.63. The van der Waals surface area contributed by atoms with E-state index in [4.69, 9.17) is 5.73 Å². The lowest BCUT2D eigenvalue weighted by Crippen LogP contribution is -1.83. The number of nitrogens with one attached hydrogen (secondary N) is 2. The molecule has 2 aromatic heterocycles. The SMILES string of the molecule is Nc1ccc2[nH]nc(-c3c[nH]c4ccccc34)c2c1. The van der Waals surface area contributed by atoms with E-state index < -0.39 is 0 Å². The number of benzene rings is 2. The molecule has 19 heavy (non-hydrogen) atoms. The van der Waals surface area contributed by atoms with Gasteiger partial charge < -0.3 is 10.7 Å². The van der Waals surface area contributed by atoms with Gasteiger partial charge in [-0.25, -0.2) is 0 Å². The van der Waals surface area contributed by atoms with E-state index in [1.165, 1.54) is 5.39 Å². The molecule has 4 aromatic rings. The summed E-state index contributed by atoms with van der Waals surface area (Å²) in [5.41, 5.74) is 10.7. The minimum absolute atomic E-state index is 0.745. The minimum Gasteiger partial charge on any atom is -0.399 e. The number of aromatic amines is 2. The van der Waals surface area contributed by atoms with Gasteiger partial charge in [0.05, 0.1) is 5.52 Å². The number of hydrogen-bond acceptors (Lipinski definition) is 2. The lowest BCUT2D eigenvalue weighted by molar-refractivity contribution is 1.12. The molecule has 4 N–H and O–H groups in total. The Labute approximate surface area is 109 Å². The highest BCUT2D eigenvalue weighted by Crippen LogP contribution is 2.32. The Bertz CT molecular complexity index is 885. The predicted molar refractivity (Wildman–Crippen MR) is 77.8 cm³/mol. The van der Waals surface area contributed by atoms with Gasteiger partial charge in [0.1, 0.15) is 5.69 Å². The Kier molecular flexibility index (Phi) is 1.94. The van der Waals surface area contributed by atoms with E-state index in [0.717, 1.165) is 33.4 Å². The number of fused-ring (bicyclic) bond motifs is 2. The lowest BCUT2D eigenvalue weighted by Gasteiger charge is -1.97. The maximum absolute atomic E-state index is 5.87. The number of H-pyrrole nitrogens is 2. The van der Waals surface area contributed by atoms with E-state index in [1.54, 1.807) is 0 Å². The van der Waals surface area contributed by atoms with E-state index >= 15 is 0 Å². The molecule has 0 radical (unpaired) electrons. The molecule has 0 saturated carbocycles. The number of aromatic nitrogens is 3. The van der Waals surface area contributed by atoms with E-state index in [9.17, 15) is 0 Å². The van der Waals surface area contributed by atoms with E-state index in [-0.39, 0.29) is 0 Å². The van der Waals surface area contributed by atoms with Gasteiger partial charge in [-0.2, -0.15) is 5.10 Å². The van der Waals surface area contributed by atoms with Crippen LogP contribution in [0.2, 0.25) is 0 Å². The Hall–Kier alpha value is -2.75. The molecule has 4 heteroatoms. The number of nitrogen functional groups attached to an aromatic ring is 1. The molecule has 0 aliphatic rings. The summed E-state index contributed by atoms with van der Waals surface area (Å²) in [6, 6.07) is 14.0. The maximum Gasteiger partial charge on any atom is 0.102 e. The number of nitrogens with two attached hydrogens (primary N) is 1. The molecule has 0 atom stereocenters. The zero-order chi connectivity index (χ0) is 12.8. The van der Waals surface area contributed by atoms with Crippen molar-refractivity contribution in [3.63, 3.8) is 0 Å². The van der Waals surface area contributed by atoms with Gasteiger partial charge >= 0.3 is 0 Å². The van der Waals surface area contributed by atoms with Gasteiger partial charge in [0.15, 0.2) is 0 Å². The first-order valence-corrected chi connectivity index (χ1v) is 6.13. The molecule has 0 saturated heterocycles. The fraction of sp³-hybridized carbons (Fsp3) is 0. The van der Waals surface area contributed by atoms with E-state index in [2.05, 4.69) is 27.3 Å². The fourth-order valence-electron chi connectivity index (χ4n) is 2.50. The average molecular weight is 248 g/mol. The van der Waals surface area contributed by atoms with Crippen LogP contribution in [0.15, 0.2) is 48.7 Å². The summed E-state index contributed by atoms with van der Waals surface area (Å²) in [5, 5.41) is 9.69. The topological polar surface area (TPSA) is 70.5 Å². The smallest absolute Gasteiger partial charge is 0.102 e. The molecular weight excluding hydrogens is 236 g/mol. The Morgan fingerprint density at radius 1 is 0.947 bits per heavy atom. The third-order valence-corrected chi connectivity index (χ3v) is 3.43. The summed E-state index contributed by atoms with van der Waals surface area (Å²) in [5.74, 6) is 0. The van der Waals surface area contributed by atoms with Crippen LogP contribution in [0.4, 0.5) is 5.69 Å². The van der Waals surface area contributed by atoms with Crippen LogP contribution in [-0.4, -0.2) is 15.2 Å². The molecule has 0 unspecified atom stereocenters. The highest BCUT2D eigenvalue weighted by atomic mass is 15.1. The van der Waals surface area contributed by atoms with Crippen LogP contribution in [0, 0.1) is 0 Å². The summed E-state index contributed by atoms with van der Waals surface area (Å²) < 4.78 is 0. The van der Waals surface area contributed by atoms with Gasteiger partial charge in [-0.3, -0.25) is 5.10 Å². The van der Waals surface area contributed by atoms with Gasteiger partial charge in [0, 0.05) is 33.7 Å². The molecule has 2 heterocycles. The van der Waals surface area contributed by atoms with Crippen LogP contribution >= 0.6 is 0 Å². The number of hydrogen-bond donors (Lipinski definition) is 3. The van der Waals surface area contributed by atoms with Crippen molar-refractivity contribution in [3.8, 4) is 11.3 Å². The standard InChI is InChI=1S/C15H12N4/c16-9-5-6-14-11(7-9)15(19-18-14)12-8-17-13-4-2-1-3-10(12)13/h1-8,17H,16H2,(H,18,19). The summed E-state index contributed by atoms with van der Waals surface area (Å²) in [7, 11) is 0. The van der Waals surface area contributed by atoms with Crippen LogP contribution < -0.4 is 5.73 Å². The summed E-state index contributed by atoms with van der Waals surface area (Å²) in [4.78, 5) is 3.27. The summed E-state index contributed by atoms with van der Waals surface area (Å²) >= 11 is 0. The molecule has 2 aromatic carbocycles. The molecule has 0 amide bonds. The third kappa shape index (κ3) is 1.43. The van der Waals surface area contributed by atoms with Crippen molar-refractivity contribution >= 4 is 27.5 Å². The van der Waals surface area contributed by atoms with Gasteiger partial charge in [-0.05, 0) is 24.3 Å². The van der Waals surface area contributed by atoms with Crippen molar-refractivity contribution in [2.24, 2.45) is 0 Å². The Morgan fingerprint density at radius 3 is 2.79 bits per heavy atom. The molecule has 4 nitrogen and oxygen atoms in total. The molecule has 0 fully saturated rings. The normalized spacial score (nSPS) is 11.4. The first kappa shape index (κ1) is 10.2. The van der Waals surface area contributed by atoms with Gasteiger partial charge in [0.2, 0.25) is 0 Å². The summed E-state index contributed by atoms with van der Waals surface area (Å²) in [6.07, 6.45) is 1.99. The monoisotopic (exact) mass is 248 g/mol. The predicted octanol–water partition coefficient (Wildman–Crippen LogP) is 3.29. The zero-order valence-corrected chi connectivity index (χ0v) is 10.1. The van der Waals surface area contributed by atoms with Crippen LogP contribution in [0.5, 0.6) is 0 Å². The summed E-state index contributed by atoms with van der Waals surface area (Å²) in [6.45, 7) is 0. The first-order chi connectivity index (χ1) is 9.33. The zero-order valence-electron chi connectivity index (χ0n) is 10.1. The average Bonchev–Trinajstić information content (AvgIpc) is 3.01. The van der Waals surface area contributed by atoms with E-state index in [1.807, 2.05) is 36.5 Å². The van der Waals surface area contributed by atoms with Crippen molar-refractivity contribution in [2.75, 3.05) is 5.73 Å². The second kappa shape index (κ2) is 3.62. The molecule has 0 aliphatic carbocycles. The lowest BCUT2D eigenvalue weighted by atomic mass is 10.1. The van der Waals surface area contributed by atoms with Gasteiger partial charge in [0.25, 0.3) is 0 Å². The van der Waals surface area contributed by atoms with Crippen LogP contribution in [-0.2, 0) is 0 Å². The number of nitrogens with zero attached hydrogens (tertiary/aromatic N) is 1. The largest absolute Gasteiger partial charge is 0.399 e. The third-order valence-electron chi connectivity index (χ3n) is 3.43. The first-order valence-electron chi connectivity index (χ1n) is 6.13. The van der Waals surface area contributed by atoms with Crippen molar-refractivity contribution in [3.05, 3.63) is 48.7 Å². The number of para-hydroxylation sites is 1. The number of rotatable bonds is 1. The van der Waals surface area contributed by atoms with Crippen molar-refractivity contribution < 1.29 is 0 Å². The Balaban J connectivity index is 2.06. The second-order valence-electron chi connectivity index (χ2n) is 4.63. The Morgan fingerprint density at radius 2 is 1.84 bits per heavy atom. The molecule has 0 bridgehead atoms. The van der Waals surface area contributed by atoms with Crippen molar-refractivity contribution in [1.29, 1.82) is 0 Å². The van der Waals surface area contributed by atoms with Crippen LogP contribution in [0.25, 0.3) is 33.1 Å². The maximum atomic E-state index is 5.87. The van der Waals surface area contributed by atoms with Crippen molar-refractivity contribution in [1.82, 2.24) is 15.2 Å². The van der Waals surface area contributed by atoms with Crippen molar-refractivity contribution in [2.45, 2.75) is 0 Å². The molecule has 0 aliphatic heterocycles.